The lowest BCUT2D eigenvalue weighted by Crippen LogP contribution is -2.13. The molecule has 0 saturated carbocycles. The maximum Gasteiger partial charge on any atom is 0.122 e. The maximum absolute atomic E-state index is 6.11. The number of nitrogens with zero attached hydrogens (tertiary/aromatic N) is 1. The quantitative estimate of drug-likeness (QED) is 0.879. The molecular weight excluding hydrogens is 250 g/mol. The lowest BCUT2D eigenvalue weighted by atomic mass is 9.84. The summed E-state index contributed by atoms with van der Waals surface area (Å²) in [4.78, 5) is 0. The molecule has 3 N–H and O–H groups in total. The largest absolute Gasteiger partial charge is 0.496 e. The molecule has 1 aromatic carbocycles. The molecule has 0 bridgehead atoms. The molecule has 1 aromatic heterocycles. The number of hydrogen-bond acceptors (Lipinski definition) is 3. The van der Waals surface area contributed by atoms with Crippen molar-refractivity contribution in [3.63, 3.8) is 0 Å². The van der Waals surface area contributed by atoms with E-state index in [-0.39, 0.29) is 5.41 Å². The fourth-order valence-corrected chi connectivity index (χ4v) is 2.33. The van der Waals surface area contributed by atoms with E-state index < -0.39 is 0 Å². The van der Waals surface area contributed by atoms with E-state index in [1.807, 2.05) is 13.8 Å². The fraction of sp³-hybridized carbons (Fsp3) is 0.438. The van der Waals surface area contributed by atoms with Gasteiger partial charge in [0, 0.05) is 11.1 Å². The molecule has 0 fully saturated rings. The van der Waals surface area contributed by atoms with Crippen LogP contribution in [0.1, 0.15) is 37.6 Å². The number of nitrogens with one attached hydrogen (secondary N) is 1. The van der Waals surface area contributed by atoms with Crippen LogP contribution in [-0.4, -0.2) is 17.3 Å². The summed E-state index contributed by atoms with van der Waals surface area (Å²) in [6.07, 6.45) is 0. The molecule has 0 unspecified atom stereocenters. The second kappa shape index (κ2) is 4.85. The lowest BCUT2D eigenvalue weighted by molar-refractivity contribution is 0.397. The van der Waals surface area contributed by atoms with Crippen molar-refractivity contribution in [2.75, 3.05) is 12.8 Å². The molecule has 0 aliphatic carbocycles. The minimum absolute atomic E-state index is 0.00604. The van der Waals surface area contributed by atoms with Crippen LogP contribution in [0.3, 0.4) is 0 Å². The van der Waals surface area contributed by atoms with Crippen molar-refractivity contribution in [3.8, 4) is 17.0 Å². The number of aromatic amines is 1. The van der Waals surface area contributed by atoms with Gasteiger partial charge in [-0.2, -0.15) is 5.10 Å². The molecule has 0 amide bonds. The summed E-state index contributed by atoms with van der Waals surface area (Å²) in [6, 6.07) is 4.19. The van der Waals surface area contributed by atoms with Crippen LogP contribution in [0.5, 0.6) is 5.75 Å². The highest BCUT2D eigenvalue weighted by atomic mass is 16.5. The SMILES string of the molecule is COc1cc(C)c(-c2n[nH]c(C)c2N)cc1C(C)(C)C. The Bertz CT molecular complexity index is 636. The molecule has 0 saturated heterocycles. The zero-order valence-corrected chi connectivity index (χ0v) is 13.1. The van der Waals surface area contributed by atoms with E-state index in [0.717, 1.165) is 33.8 Å². The molecular formula is C16H23N3O. The summed E-state index contributed by atoms with van der Waals surface area (Å²) >= 11 is 0. The van der Waals surface area contributed by atoms with E-state index in [1.165, 1.54) is 0 Å². The summed E-state index contributed by atoms with van der Waals surface area (Å²) in [5, 5.41) is 7.28. The number of H-pyrrole nitrogens is 1. The van der Waals surface area contributed by atoms with Crippen LogP contribution < -0.4 is 10.5 Å². The van der Waals surface area contributed by atoms with Gasteiger partial charge >= 0.3 is 0 Å². The third-order valence-corrected chi connectivity index (χ3v) is 3.60. The van der Waals surface area contributed by atoms with Gasteiger partial charge in [0.2, 0.25) is 0 Å². The van der Waals surface area contributed by atoms with E-state index in [4.69, 9.17) is 10.5 Å². The average Bonchev–Trinajstić information content (AvgIpc) is 2.68. The van der Waals surface area contributed by atoms with Crippen molar-refractivity contribution in [3.05, 3.63) is 29.0 Å². The molecule has 4 nitrogen and oxygen atoms in total. The van der Waals surface area contributed by atoms with Gasteiger partial charge in [0.25, 0.3) is 0 Å². The van der Waals surface area contributed by atoms with Gasteiger partial charge in [0.1, 0.15) is 11.4 Å². The van der Waals surface area contributed by atoms with Crippen LogP contribution in [0.25, 0.3) is 11.3 Å². The van der Waals surface area contributed by atoms with E-state index in [1.54, 1.807) is 7.11 Å². The number of rotatable bonds is 2. The molecule has 108 valence electrons. The summed E-state index contributed by atoms with van der Waals surface area (Å²) in [5.74, 6) is 0.907. The van der Waals surface area contributed by atoms with E-state index >= 15 is 0 Å². The highest BCUT2D eigenvalue weighted by Crippen LogP contribution is 2.38. The van der Waals surface area contributed by atoms with Gasteiger partial charge < -0.3 is 10.5 Å². The van der Waals surface area contributed by atoms with Crippen molar-refractivity contribution in [1.29, 1.82) is 0 Å². The van der Waals surface area contributed by atoms with Gasteiger partial charge in [-0.25, -0.2) is 0 Å². The molecule has 2 rings (SSSR count). The molecule has 0 spiro atoms. The zero-order valence-electron chi connectivity index (χ0n) is 13.1. The molecule has 1 heterocycles. The Morgan fingerprint density at radius 3 is 2.30 bits per heavy atom. The highest BCUT2D eigenvalue weighted by Gasteiger charge is 2.22. The number of nitrogen functional groups attached to an aromatic ring is 1. The summed E-state index contributed by atoms with van der Waals surface area (Å²) in [7, 11) is 1.71. The summed E-state index contributed by atoms with van der Waals surface area (Å²) < 4.78 is 5.52. The van der Waals surface area contributed by atoms with Crippen LogP contribution >= 0.6 is 0 Å². The molecule has 4 heteroatoms. The summed E-state index contributed by atoms with van der Waals surface area (Å²) in [5.41, 5.74) is 11.8. The predicted molar refractivity (Wildman–Crippen MR) is 83.2 cm³/mol. The third kappa shape index (κ3) is 2.38. The van der Waals surface area contributed by atoms with Crippen LogP contribution in [0.2, 0.25) is 0 Å². The minimum Gasteiger partial charge on any atom is -0.496 e. The van der Waals surface area contributed by atoms with Crippen LogP contribution in [-0.2, 0) is 5.41 Å². The van der Waals surface area contributed by atoms with Crippen molar-refractivity contribution < 1.29 is 4.74 Å². The smallest absolute Gasteiger partial charge is 0.122 e. The Labute approximate surface area is 120 Å². The van der Waals surface area contributed by atoms with Crippen molar-refractivity contribution in [2.45, 2.75) is 40.0 Å². The molecule has 20 heavy (non-hydrogen) atoms. The Morgan fingerprint density at radius 2 is 1.85 bits per heavy atom. The van der Waals surface area contributed by atoms with Crippen LogP contribution in [0, 0.1) is 13.8 Å². The third-order valence-electron chi connectivity index (χ3n) is 3.60. The number of hydrogen-bond donors (Lipinski definition) is 2. The van der Waals surface area contributed by atoms with Gasteiger partial charge in [0.15, 0.2) is 0 Å². The molecule has 0 radical (unpaired) electrons. The van der Waals surface area contributed by atoms with E-state index in [2.05, 4.69) is 43.1 Å². The monoisotopic (exact) mass is 273 g/mol. The van der Waals surface area contributed by atoms with Crippen molar-refractivity contribution >= 4 is 5.69 Å². The van der Waals surface area contributed by atoms with Crippen molar-refractivity contribution in [2.24, 2.45) is 0 Å². The maximum atomic E-state index is 6.11. The van der Waals surface area contributed by atoms with Gasteiger partial charge in [-0.05, 0) is 37.0 Å². The number of aryl methyl sites for hydroxylation is 2. The highest BCUT2D eigenvalue weighted by molar-refractivity contribution is 5.77. The van der Waals surface area contributed by atoms with Crippen LogP contribution in [0.15, 0.2) is 12.1 Å². The Morgan fingerprint density at radius 1 is 1.20 bits per heavy atom. The van der Waals surface area contributed by atoms with Gasteiger partial charge in [-0.15, -0.1) is 0 Å². The number of ether oxygens (including phenoxy) is 1. The second-order valence-electron chi connectivity index (χ2n) is 6.23. The first kappa shape index (κ1) is 14.4. The molecule has 0 aliphatic heterocycles. The summed E-state index contributed by atoms with van der Waals surface area (Å²) in [6.45, 7) is 10.5. The van der Waals surface area contributed by atoms with Gasteiger partial charge in [-0.1, -0.05) is 20.8 Å². The second-order valence-corrected chi connectivity index (χ2v) is 6.23. The Kier molecular flexibility index (Phi) is 3.50. The Hall–Kier alpha value is -1.97. The first-order valence-electron chi connectivity index (χ1n) is 6.75. The first-order chi connectivity index (χ1) is 9.25. The zero-order chi connectivity index (χ0) is 15.1. The standard InChI is InChI=1S/C16H23N3O/c1-9-7-13(20-6)12(16(3,4)5)8-11(9)15-14(17)10(2)18-19-15/h7-8H,17H2,1-6H3,(H,18,19). The lowest BCUT2D eigenvalue weighted by Gasteiger charge is -2.23. The minimum atomic E-state index is -0.00604. The normalized spacial score (nSPS) is 11.7. The first-order valence-corrected chi connectivity index (χ1v) is 6.75. The topological polar surface area (TPSA) is 63.9 Å². The fourth-order valence-electron chi connectivity index (χ4n) is 2.33. The van der Waals surface area contributed by atoms with E-state index in [0.29, 0.717) is 5.69 Å². The number of methoxy groups -OCH3 is 1. The van der Waals surface area contributed by atoms with Crippen LogP contribution in [0.4, 0.5) is 5.69 Å². The van der Waals surface area contributed by atoms with Gasteiger partial charge in [0.05, 0.1) is 18.5 Å². The molecule has 2 aromatic rings. The predicted octanol–water partition coefficient (Wildman–Crippen LogP) is 3.58. The van der Waals surface area contributed by atoms with Gasteiger partial charge in [-0.3, -0.25) is 5.10 Å². The molecule has 0 aliphatic rings. The number of benzene rings is 1. The van der Waals surface area contributed by atoms with Crippen molar-refractivity contribution in [1.82, 2.24) is 10.2 Å². The molecule has 0 atom stereocenters. The van der Waals surface area contributed by atoms with E-state index in [9.17, 15) is 0 Å². The number of aromatic nitrogens is 2. The number of anilines is 1. The average molecular weight is 273 g/mol. The Balaban J connectivity index is 2.69. The number of nitrogens with two attached hydrogens (primary N) is 1.